The number of aromatic nitrogens is 3. The van der Waals surface area contributed by atoms with Crippen molar-refractivity contribution in [2.75, 3.05) is 11.9 Å². The molecule has 0 spiro atoms. The number of fused-ring (bicyclic) bond motifs is 1. The zero-order valence-corrected chi connectivity index (χ0v) is 13.6. The van der Waals surface area contributed by atoms with Crippen LogP contribution in [0, 0.1) is 6.92 Å². The summed E-state index contributed by atoms with van der Waals surface area (Å²) in [6.07, 6.45) is 4.11. The predicted octanol–water partition coefficient (Wildman–Crippen LogP) is 4.57. The number of anilines is 1. The maximum atomic E-state index is 6.32. The first-order chi connectivity index (χ1) is 10.7. The van der Waals surface area contributed by atoms with Gasteiger partial charge in [0, 0.05) is 34.5 Å². The SMILES string of the molecule is CCCCNc1cc(C)nc2c(-c3ccccc3Cl)cnn12. The average molecular weight is 315 g/mol. The fourth-order valence-electron chi connectivity index (χ4n) is 2.47. The van der Waals surface area contributed by atoms with Crippen molar-refractivity contribution in [3.63, 3.8) is 0 Å². The minimum absolute atomic E-state index is 0.709. The van der Waals surface area contributed by atoms with Gasteiger partial charge in [-0.05, 0) is 19.4 Å². The van der Waals surface area contributed by atoms with Crippen LogP contribution in [-0.2, 0) is 0 Å². The molecule has 0 saturated heterocycles. The van der Waals surface area contributed by atoms with E-state index in [-0.39, 0.29) is 0 Å². The Kier molecular flexibility index (Phi) is 4.29. The summed E-state index contributed by atoms with van der Waals surface area (Å²) >= 11 is 6.32. The summed E-state index contributed by atoms with van der Waals surface area (Å²) in [7, 11) is 0. The number of halogens is 1. The number of unbranched alkanes of at least 4 members (excludes halogenated alkanes) is 1. The second-order valence-corrected chi connectivity index (χ2v) is 5.74. The fraction of sp³-hybridized carbons (Fsp3) is 0.294. The Hall–Kier alpha value is -2.07. The summed E-state index contributed by atoms with van der Waals surface area (Å²) < 4.78 is 1.85. The molecule has 0 atom stereocenters. The normalized spacial score (nSPS) is 11.0. The molecule has 2 heterocycles. The number of aryl methyl sites for hydroxylation is 1. The van der Waals surface area contributed by atoms with Gasteiger partial charge in [0.2, 0.25) is 0 Å². The summed E-state index contributed by atoms with van der Waals surface area (Å²) in [5, 5.41) is 8.63. The van der Waals surface area contributed by atoms with E-state index in [4.69, 9.17) is 11.6 Å². The molecule has 0 aliphatic rings. The van der Waals surface area contributed by atoms with Gasteiger partial charge in [-0.2, -0.15) is 9.61 Å². The first-order valence-corrected chi connectivity index (χ1v) is 7.92. The minimum atomic E-state index is 0.709. The lowest BCUT2D eigenvalue weighted by molar-refractivity contribution is 0.819. The maximum absolute atomic E-state index is 6.32. The van der Waals surface area contributed by atoms with Crippen molar-refractivity contribution in [1.29, 1.82) is 0 Å². The van der Waals surface area contributed by atoms with E-state index in [9.17, 15) is 0 Å². The molecule has 114 valence electrons. The molecule has 0 fully saturated rings. The average Bonchev–Trinajstić information content (AvgIpc) is 2.91. The van der Waals surface area contributed by atoms with E-state index in [0.29, 0.717) is 5.02 Å². The van der Waals surface area contributed by atoms with Crippen molar-refractivity contribution in [2.24, 2.45) is 0 Å². The third-order valence-corrected chi connectivity index (χ3v) is 3.93. The molecule has 0 radical (unpaired) electrons. The van der Waals surface area contributed by atoms with Gasteiger partial charge in [0.25, 0.3) is 0 Å². The third-order valence-electron chi connectivity index (χ3n) is 3.60. The number of nitrogens with one attached hydrogen (secondary N) is 1. The highest BCUT2D eigenvalue weighted by atomic mass is 35.5. The molecule has 0 amide bonds. The standard InChI is InChI=1S/C17H19ClN4/c1-3-4-9-19-16-10-12(2)21-17-14(11-20-22(16)17)13-7-5-6-8-15(13)18/h5-8,10-11,19H,3-4,9H2,1-2H3. The van der Waals surface area contributed by atoms with E-state index >= 15 is 0 Å². The van der Waals surface area contributed by atoms with Gasteiger partial charge < -0.3 is 5.32 Å². The second kappa shape index (κ2) is 6.36. The van der Waals surface area contributed by atoms with Crippen LogP contribution in [0.3, 0.4) is 0 Å². The van der Waals surface area contributed by atoms with Gasteiger partial charge in [0.1, 0.15) is 5.82 Å². The third kappa shape index (κ3) is 2.79. The molecule has 2 aromatic heterocycles. The molecule has 3 rings (SSSR count). The molecule has 0 aliphatic heterocycles. The molecule has 3 aromatic rings. The first kappa shape index (κ1) is 14.9. The lowest BCUT2D eigenvalue weighted by Crippen LogP contribution is -2.07. The predicted molar refractivity (Wildman–Crippen MR) is 91.6 cm³/mol. The minimum Gasteiger partial charge on any atom is -0.370 e. The topological polar surface area (TPSA) is 42.2 Å². The van der Waals surface area contributed by atoms with Crippen LogP contribution in [0.1, 0.15) is 25.5 Å². The molecule has 5 heteroatoms. The van der Waals surface area contributed by atoms with Crippen molar-refractivity contribution < 1.29 is 0 Å². The van der Waals surface area contributed by atoms with E-state index in [1.807, 2.05) is 48.0 Å². The Bertz CT molecular complexity index is 794. The quantitative estimate of drug-likeness (QED) is 0.701. The zero-order valence-electron chi connectivity index (χ0n) is 12.8. The van der Waals surface area contributed by atoms with Crippen molar-refractivity contribution >= 4 is 23.1 Å². The van der Waals surface area contributed by atoms with E-state index in [1.165, 1.54) is 0 Å². The largest absolute Gasteiger partial charge is 0.370 e. The molecular weight excluding hydrogens is 296 g/mol. The number of hydrogen-bond donors (Lipinski definition) is 1. The van der Waals surface area contributed by atoms with Gasteiger partial charge in [-0.15, -0.1) is 0 Å². The van der Waals surface area contributed by atoms with Crippen LogP contribution >= 0.6 is 11.6 Å². The van der Waals surface area contributed by atoms with Crippen LogP contribution in [0.2, 0.25) is 5.02 Å². The van der Waals surface area contributed by atoms with Gasteiger partial charge in [0.15, 0.2) is 5.65 Å². The van der Waals surface area contributed by atoms with Gasteiger partial charge in [-0.1, -0.05) is 43.1 Å². The van der Waals surface area contributed by atoms with Crippen LogP contribution in [0.5, 0.6) is 0 Å². The summed E-state index contributed by atoms with van der Waals surface area (Å²) in [6, 6.07) is 9.80. The summed E-state index contributed by atoms with van der Waals surface area (Å²) in [6.45, 7) is 5.10. The lowest BCUT2D eigenvalue weighted by Gasteiger charge is -2.09. The van der Waals surface area contributed by atoms with Crippen LogP contribution in [0.4, 0.5) is 5.82 Å². The highest BCUT2D eigenvalue weighted by Gasteiger charge is 2.13. The maximum Gasteiger partial charge on any atom is 0.165 e. The molecular formula is C17H19ClN4. The Labute approximate surface area is 135 Å². The van der Waals surface area contributed by atoms with Crippen molar-refractivity contribution in [3.05, 3.63) is 47.2 Å². The number of rotatable bonds is 5. The van der Waals surface area contributed by atoms with Crippen LogP contribution < -0.4 is 5.32 Å². The highest BCUT2D eigenvalue weighted by molar-refractivity contribution is 6.33. The van der Waals surface area contributed by atoms with Crippen LogP contribution in [0.25, 0.3) is 16.8 Å². The molecule has 0 aliphatic carbocycles. The summed E-state index contributed by atoms with van der Waals surface area (Å²) in [4.78, 5) is 4.64. The van der Waals surface area contributed by atoms with Crippen LogP contribution in [-0.4, -0.2) is 21.1 Å². The Morgan fingerprint density at radius 1 is 1.23 bits per heavy atom. The first-order valence-electron chi connectivity index (χ1n) is 7.55. The Morgan fingerprint density at radius 3 is 2.82 bits per heavy atom. The molecule has 1 aromatic carbocycles. The number of benzene rings is 1. The van der Waals surface area contributed by atoms with E-state index in [0.717, 1.165) is 47.7 Å². The van der Waals surface area contributed by atoms with E-state index in [2.05, 4.69) is 22.3 Å². The van der Waals surface area contributed by atoms with E-state index < -0.39 is 0 Å². The Balaban J connectivity index is 2.09. The monoisotopic (exact) mass is 314 g/mol. The van der Waals surface area contributed by atoms with Gasteiger partial charge in [0.05, 0.1) is 6.20 Å². The highest BCUT2D eigenvalue weighted by Crippen LogP contribution is 2.31. The summed E-state index contributed by atoms with van der Waals surface area (Å²) in [5.41, 5.74) is 3.69. The van der Waals surface area contributed by atoms with E-state index in [1.54, 1.807) is 0 Å². The molecule has 0 bridgehead atoms. The number of nitrogens with zero attached hydrogens (tertiary/aromatic N) is 3. The van der Waals surface area contributed by atoms with Crippen molar-refractivity contribution in [3.8, 4) is 11.1 Å². The summed E-state index contributed by atoms with van der Waals surface area (Å²) in [5.74, 6) is 0.967. The van der Waals surface area contributed by atoms with Crippen molar-refractivity contribution in [2.45, 2.75) is 26.7 Å². The van der Waals surface area contributed by atoms with Gasteiger partial charge in [-0.25, -0.2) is 4.98 Å². The number of hydrogen-bond acceptors (Lipinski definition) is 3. The van der Waals surface area contributed by atoms with Gasteiger partial charge in [-0.3, -0.25) is 0 Å². The molecule has 0 unspecified atom stereocenters. The smallest absolute Gasteiger partial charge is 0.165 e. The Morgan fingerprint density at radius 2 is 2.05 bits per heavy atom. The molecule has 22 heavy (non-hydrogen) atoms. The molecule has 1 N–H and O–H groups in total. The van der Waals surface area contributed by atoms with Crippen LogP contribution in [0.15, 0.2) is 36.5 Å². The lowest BCUT2D eigenvalue weighted by atomic mass is 10.1. The van der Waals surface area contributed by atoms with Crippen molar-refractivity contribution in [1.82, 2.24) is 14.6 Å². The zero-order chi connectivity index (χ0) is 15.5. The fourth-order valence-corrected chi connectivity index (χ4v) is 2.71. The molecule has 4 nitrogen and oxygen atoms in total. The molecule has 0 saturated carbocycles. The second-order valence-electron chi connectivity index (χ2n) is 5.34. The van der Waals surface area contributed by atoms with Gasteiger partial charge >= 0.3 is 0 Å².